The van der Waals surface area contributed by atoms with Crippen molar-refractivity contribution in [2.75, 3.05) is 18.0 Å². The van der Waals surface area contributed by atoms with E-state index in [1.165, 1.54) is 30.9 Å². The van der Waals surface area contributed by atoms with Gasteiger partial charge in [0, 0.05) is 0 Å². The molecule has 0 fully saturated rings. The number of hydrogen-bond acceptors (Lipinski definition) is 4. The van der Waals surface area contributed by atoms with Crippen LogP contribution in [0.15, 0.2) is 65.6 Å². The summed E-state index contributed by atoms with van der Waals surface area (Å²) in [4.78, 5) is 13.2. The molecule has 0 heterocycles. The van der Waals surface area contributed by atoms with Crippen molar-refractivity contribution in [1.29, 1.82) is 0 Å². The molecule has 6 nitrogen and oxygen atoms in total. The maximum absolute atomic E-state index is 13.5. The molecule has 1 amide bonds. The summed E-state index contributed by atoms with van der Waals surface area (Å²) in [7, 11) is -2.56. The summed E-state index contributed by atoms with van der Waals surface area (Å²) in [6.45, 7) is 7.54. The predicted octanol–water partition coefficient (Wildman–Crippen LogP) is 5.35. The number of hydrogen-bond donors (Lipinski definition) is 1. The maximum atomic E-state index is 13.5. The van der Waals surface area contributed by atoms with E-state index in [0.29, 0.717) is 5.75 Å². The van der Waals surface area contributed by atoms with E-state index in [2.05, 4.69) is 17.4 Å². The summed E-state index contributed by atoms with van der Waals surface area (Å²) in [5.74, 6) is -0.0256. The van der Waals surface area contributed by atoms with E-state index in [1.54, 1.807) is 30.3 Å². The highest BCUT2D eigenvalue weighted by Gasteiger charge is 2.28. The monoisotopic (exact) mass is 500 g/mol. The van der Waals surface area contributed by atoms with Gasteiger partial charge in [0.15, 0.2) is 0 Å². The van der Waals surface area contributed by atoms with E-state index in [0.717, 1.165) is 21.0 Å². The summed E-state index contributed by atoms with van der Waals surface area (Å²) in [6.07, 6.45) is 0. The number of methoxy groups -OCH3 is 1. The van der Waals surface area contributed by atoms with Crippen LogP contribution in [-0.2, 0) is 14.8 Å². The minimum absolute atomic E-state index is 0.0767. The number of carbonyl (C=O) groups is 1. The predicted molar refractivity (Wildman–Crippen MR) is 136 cm³/mol. The van der Waals surface area contributed by atoms with Crippen LogP contribution in [0.3, 0.4) is 0 Å². The zero-order valence-corrected chi connectivity index (χ0v) is 21.5. The Kier molecular flexibility index (Phi) is 7.89. The van der Waals surface area contributed by atoms with Gasteiger partial charge in [-0.3, -0.25) is 9.10 Å². The van der Waals surface area contributed by atoms with Crippen LogP contribution < -0.4 is 14.4 Å². The molecule has 0 bridgehead atoms. The molecule has 0 radical (unpaired) electrons. The van der Waals surface area contributed by atoms with Gasteiger partial charge in [-0.15, -0.1) is 0 Å². The Hall–Kier alpha value is -3.03. The molecule has 8 heteroatoms. The SMILES string of the molecule is COc1ccc(N(CC(=O)NC(C)c2cc(C)c(C)cc2C)S(=O)(=O)c2ccccc2)cc1Cl. The van der Waals surface area contributed by atoms with Crippen LogP contribution in [0.25, 0.3) is 0 Å². The van der Waals surface area contributed by atoms with Gasteiger partial charge < -0.3 is 10.1 Å². The second-order valence-electron chi connectivity index (χ2n) is 8.23. The Morgan fingerprint density at radius 2 is 1.65 bits per heavy atom. The van der Waals surface area contributed by atoms with Gasteiger partial charge in [0.2, 0.25) is 5.91 Å². The number of aryl methyl sites for hydroxylation is 3. The zero-order chi connectivity index (χ0) is 25.0. The number of benzene rings is 3. The van der Waals surface area contributed by atoms with E-state index < -0.39 is 22.5 Å². The molecule has 0 saturated carbocycles. The van der Waals surface area contributed by atoms with Crippen LogP contribution in [0.1, 0.15) is 35.2 Å². The lowest BCUT2D eigenvalue weighted by Gasteiger charge is -2.26. The van der Waals surface area contributed by atoms with E-state index >= 15 is 0 Å². The fourth-order valence-electron chi connectivity index (χ4n) is 3.79. The van der Waals surface area contributed by atoms with Gasteiger partial charge in [0.1, 0.15) is 12.3 Å². The largest absolute Gasteiger partial charge is 0.495 e. The van der Waals surface area contributed by atoms with Gasteiger partial charge in [0.05, 0.1) is 28.8 Å². The minimum Gasteiger partial charge on any atom is -0.495 e. The summed E-state index contributed by atoms with van der Waals surface area (Å²) >= 11 is 6.27. The summed E-state index contributed by atoms with van der Waals surface area (Å²) in [6, 6.07) is 16.4. The molecule has 3 aromatic carbocycles. The summed E-state index contributed by atoms with van der Waals surface area (Å²) in [5.41, 5.74) is 4.62. The highest BCUT2D eigenvalue weighted by atomic mass is 35.5. The number of rotatable bonds is 8. The first-order chi connectivity index (χ1) is 16.0. The molecule has 1 atom stereocenters. The third-order valence-electron chi connectivity index (χ3n) is 5.77. The molecule has 3 aromatic rings. The molecule has 1 unspecified atom stereocenters. The van der Waals surface area contributed by atoms with Crippen molar-refractivity contribution in [3.05, 3.63) is 87.9 Å². The van der Waals surface area contributed by atoms with Crippen LogP contribution in [0.5, 0.6) is 5.75 Å². The molecule has 0 aliphatic carbocycles. The molecule has 1 N–H and O–H groups in total. The van der Waals surface area contributed by atoms with Crippen LogP contribution in [0.4, 0.5) is 5.69 Å². The van der Waals surface area contributed by atoms with Crippen molar-refractivity contribution in [3.8, 4) is 5.75 Å². The molecular formula is C26H29ClN2O4S. The number of nitrogens with zero attached hydrogens (tertiary/aromatic N) is 1. The molecule has 0 aromatic heterocycles. The Morgan fingerprint density at radius 1 is 1.00 bits per heavy atom. The first-order valence-electron chi connectivity index (χ1n) is 10.8. The highest BCUT2D eigenvalue weighted by Crippen LogP contribution is 2.32. The van der Waals surface area contributed by atoms with E-state index in [4.69, 9.17) is 16.3 Å². The quantitative estimate of drug-likeness (QED) is 0.452. The maximum Gasteiger partial charge on any atom is 0.264 e. The Morgan fingerprint density at radius 3 is 2.26 bits per heavy atom. The number of nitrogens with one attached hydrogen (secondary N) is 1. The number of carbonyl (C=O) groups excluding carboxylic acids is 1. The second kappa shape index (κ2) is 10.5. The number of ether oxygens (including phenoxy) is 1. The fraction of sp³-hybridized carbons (Fsp3) is 0.269. The highest BCUT2D eigenvalue weighted by molar-refractivity contribution is 7.92. The normalized spacial score (nSPS) is 12.2. The van der Waals surface area contributed by atoms with Crippen LogP contribution in [0.2, 0.25) is 5.02 Å². The van der Waals surface area contributed by atoms with Crippen molar-refractivity contribution in [2.45, 2.75) is 38.6 Å². The zero-order valence-electron chi connectivity index (χ0n) is 19.9. The summed E-state index contributed by atoms with van der Waals surface area (Å²) in [5, 5.41) is 3.19. The van der Waals surface area contributed by atoms with E-state index in [9.17, 15) is 13.2 Å². The van der Waals surface area contributed by atoms with Gasteiger partial charge in [-0.2, -0.15) is 0 Å². The van der Waals surface area contributed by atoms with Crippen molar-refractivity contribution >= 4 is 33.2 Å². The number of sulfonamides is 1. The van der Waals surface area contributed by atoms with Gasteiger partial charge in [0.25, 0.3) is 10.0 Å². The van der Waals surface area contributed by atoms with Gasteiger partial charge in [-0.25, -0.2) is 8.42 Å². The molecule has 180 valence electrons. The Balaban J connectivity index is 1.93. The number of anilines is 1. The molecule has 0 saturated heterocycles. The lowest BCUT2D eigenvalue weighted by atomic mass is 9.96. The van der Waals surface area contributed by atoms with Crippen LogP contribution in [0, 0.1) is 20.8 Å². The number of amides is 1. The standard InChI is InChI=1S/C26H29ClN2O4S/c1-17-13-19(3)23(14-18(17)2)20(4)28-26(30)16-29(21-11-12-25(33-5)24(27)15-21)34(31,32)22-9-7-6-8-10-22/h6-15,20H,16H2,1-5H3,(H,28,30). The van der Waals surface area contributed by atoms with Gasteiger partial charge >= 0.3 is 0 Å². The minimum atomic E-state index is -4.03. The second-order valence-corrected chi connectivity index (χ2v) is 10.5. The Labute approximate surface area is 206 Å². The molecule has 3 rings (SSSR count). The fourth-order valence-corrected chi connectivity index (χ4v) is 5.48. The first kappa shape index (κ1) is 25.6. The lowest BCUT2D eigenvalue weighted by molar-refractivity contribution is -0.120. The third-order valence-corrected chi connectivity index (χ3v) is 7.85. The van der Waals surface area contributed by atoms with Gasteiger partial charge in [-0.05, 0) is 80.3 Å². The third kappa shape index (κ3) is 5.54. The molecule has 34 heavy (non-hydrogen) atoms. The smallest absolute Gasteiger partial charge is 0.264 e. The summed E-state index contributed by atoms with van der Waals surface area (Å²) < 4.78 is 33.2. The van der Waals surface area contributed by atoms with E-state index in [-0.39, 0.29) is 21.6 Å². The molecule has 0 aliphatic rings. The average molecular weight is 501 g/mol. The molecule has 0 aliphatic heterocycles. The van der Waals surface area contributed by atoms with Crippen molar-refractivity contribution < 1.29 is 17.9 Å². The van der Waals surface area contributed by atoms with E-state index in [1.807, 2.05) is 27.7 Å². The van der Waals surface area contributed by atoms with Crippen molar-refractivity contribution in [3.63, 3.8) is 0 Å². The molecular weight excluding hydrogens is 472 g/mol. The van der Waals surface area contributed by atoms with Crippen molar-refractivity contribution in [1.82, 2.24) is 5.32 Å². The lowest BCUT2D eigenvalue weighted by Crippen LogP contribution is -2.41. The first-order valence-corrected chi connectivity index (χ1v) is 12.6. The van der Waals surface area contributed by atoms with Crippen LogP contribution >= 0.6 is 11.6 Å². The van der Waals surface area contributed by atoms with Crippen LogP contribution in [-0.4, -0.2) is 28.0 Å². The van der Waals surface area contributed by atoms with Gasteiger partial charge in [-0.1, -0.05) is 41.9 Å². The Bertz CT molecular complexity index is 1290. The topological polar surface area (TPSA) is 75.7 Å². The number of halogens is 1. The molecule has 0 spiro atoms. The van der Waals surface area contributed by atoms with Crippen molar-refractivity contribution in [2.24, 2.45) is 0 Å². The average Bonchev–Trinajstić information content (AvgIpc) is 2.80.